The molecule has 0 amide bonds. The third-order valence-corrected chi connectivity index (χ3v) is 8.47. The minimum atomic E-state index is -0.329. The van der Waals surface area contributed by atoms with Gasteiger partial charge in [0.05, 0.1) is 5.02 Å². The molecule has 0 heterocycles. The first-order chi connectivity index (χ1) is 17.6. The number of halogens is 2. The van der Waals surface area contributed by atoms with Crippen LogP contribution in [0.2, 0.25) is 5.02 Å². The Balaban J connectivity index is 1.16. The van der Waals surface area contributed by atoms with Crippen LogP contribution in [0, 0.1) is 11.7 Å². The summed E-state index contributed by atoms with van der Waals surface area (Å²) in [5.74, 6) is 1.28. The second-order valence-electron chi connectivity index (χ2n) is 10.9. The first-order valence-electron chi connectivity index (χ1n) is 14.2. The Kier molecular flexibility index (Phi) is 10.5. The van der Waals surface area contributed by atoms with Gasteiger partial charge in [0.25, 0.3) is 0 Å². The summed E-state index contributed by atoms with van der Waals surface area (Å²) in [6, 6.07) is 23.7. The van der Waals surface area contributed by atoms with E-state index in [0.717, 1.165) is 30.2 Å². The van der Waals surface area contributed by atoms with Crippen LogP contribution in [0.4, 0.5) is 4.39 Å². The van der Waals surface area contributed by atoms with Gasteiger partial charge in [-0.25, -0.2) is 4.39 Å². The van der Waals surface area contributed by atoms with Gasteiger partial charge in [-0.2, -0.15) is 0 Å². The van der Waals surface area contributed by atoms with E-state index in [-0.39, 0.29) is 10.8 Å². The van der Waals surface area contributed by atoms with Crippen molar-refractivity contribution in [3.63, 3.8) is 0 Å². The van der Waals surface area contributed by atoms with Gasteiger partial charge in [-0.3, -0.25) is 0 Å². The number of rotatable bonds is 12. The Morgan fingerprint density at radius 1 is 0.667 bits per heavy atom. The van der Waals surface area contributed by atoms with Crippen LogP contribution >= 0.6 is 11.6 Å². The molecule has 1 aliphatic carbocycles. The molecule has 0 aromatic heterocycles. The molecule has 0 unspecified atom stereocenters. The van der Waals surface area contributed by atoms with Gasteiger partial charge < -0.3 is 0 Å². The Morgan fingerprint density at radius 2 is 1.25 bits per heavy atom. The largest absolute Gasteiger partial charge is 0.205 e. The Labute approximate surface area is 223 Å². The summed E-state index contributed by atoms with van der Waals surface area (Å²) < 4.78 is 13.6. The SMILES string of the molecule is CCCCCCc1ccc(C2CCC(CCc3ccc(CCc4ccc(Cl)c(F)c4)cc3)CC2)cc1. The van der Waals surface area contributed by atoms with E-state index >= 15 is 0 Å². The lowest BCUT2D eigenvalue weighted by Crippen LogP contribution is -2.14. The van der Waals surface area contributed by atoms with Gasteiger partial charge in [-0.05, 0) is 116 Å². The van der Waals surface area contributed by atoms with E-state index in [1.165, 1.54) is 87.3 Å². The molecule has 2 heteroatoms. The Bertz CT molecular complexity index is 1050. The summed E-state index contributed by atoms with van der Waals surface area (Å²) in [4.78, 5) is 0. The zero-order valence-corrected chi connectivity index (χ0v) is 22.7. The number of hydrogen-bond donors (Lipinski definition) is 0. The van der Waals surface area contributed by atoms with E-state index in [9.17, 15) is 4.39 Å². The molecule has 0 saturated heterocycles. The topological polar surface area (TPSA) is 0 Å². The highest BCUT2D eigenvalue weighted by atomic mass is 35.5. The molecule has 1 aliphatic rings. The molecule has 0 N–H and O–H groups in total. The molecule has 1 saturated carbocycles. The third-order valence-electron chi connectivity index (χ3n) is 8.17. The van der Waals surface area contributed by atoms with Crippen LogP contribution in [0.15, 0.2) is 66.7 Å². The molecule has 3 aromatic rings. The molecule has 192 valence electrons. The fourth-order valence-electron chi connectivity index (χ4n) is 5.72. The average molecular weight is 505 g/mol. The van der Waals surface area contributed by atoms with Crippen molar-refractivity contribution in [1.82, 2.24) is 0 Å². The smallest absolute Gasteiger partial charge is 0.142 e. The van der Waals surface area contributed by atoms with Gasteiger partial charge in [-0.1, -0.05) is 92.4 Å². The van der Waals surface area contributed by atoms with Crippen molar-refractivity contribution in [2.75, 3.05) is 0 Å². The standard InChI is InChI=1S/C34H42ClF/c1-2-3-4-5-6-26-15-20-31(21-16-26)32-22-17-29(18-23-32)12-11-27-7-9-28(10-8-27)13-14-30-19-24-33(35)34(36)25-30/h7-10,15-16,19-21,24-25,29,32H,2-6,11-14,17-18,22-23H2,1H3. The highest BCUT2D eigenvalue weighted by molar-refractivity contribution is 6.30. The van der Waals surface area contributed by atoms with Gasteiger partial charge in [0.15, 0.2) is 0 Å². The summed E-state index contributed by atoms with van der Waals surface area (Å²) in [6.07, 6.45) is 16.2. The molecule has 0 spiro atoms. The van der Waals surface area contributed by atoms with Gasteiger partial charge in [0, 0.05) is 0 Å². The second kappa shape index (κ2) is 14.0. The highest BCUT2D eigenvalue weighted by Gasteiger charge is 2.22. The predicted molar refractivity (Wildman–Crippen MR) is 153 cm³/mol. The molecule has 4 rings (SSSR count). The number of unbranched alkanes of at least 4 members (excludes halogenated alkanes) is 3. The second-order valence-corrected chi connectivity index (χ2v) is 11.3. The van der Waals surface area contributed by atoms with E-state index in [2.05, 4.69) is 55.5 Å². The molecule has 0 radical (unpaired) electrons. The molecular formula is C34H42ClF. The van der Waals surface area contributed by atoms with Crippen LogP contribution in [-0.2, 0) is 25.7 Å². The summed E-state index contributed by atoms with van der Waals surface area (Å²) in [7, 11) is 0. The molecule has 0 nitrogen and oxygen atoms in total. The fourth-order valence-corrected chi connectivity index (χ4v) is 5.84. The van der Waals surface area contributed by atoms with Crippen molar-refractivity contribution in [3.05, 3.63) is 105 Å². The van der Waals surface area contributed by atoms with Crippen molar-refractivity contribution in [2.45, 2.75) is 96.3 Å². The lowest BCUT2D eigenvalue weighted by atomic mass is 9.76. The van der Waals surface area contributed by atoms with E-state index in [4.69, 9.17) is 11.6 Å². The molecule has 0 bridgehead atoms. The minimum absolute atomic E-state index is 0.193. The van der Waals surface area contributed by atoms with Gasteiger partial charge >= 0.3 is 0 Å². The number of aryl methyl sites for hydroxylation is 4. The monoisotopic (exact) mass is 504 g/mol. The van der Waals surface area contributed by atoms with Crippen molar-refractivity contribution in [1.29, 1.82) is 0 Å². The van der Waals surface area contributed by atoms with E-state index < -0.39 is 0 Å². The van der Waals surface area contributed by atoms with E-state index in [0.29, 0.717) is 0 Å². The number of benzene rings is 3. The molecule has 0 atom stereocenters. The van der Waals surface area contributed by atoms with Gasteiger partial charge in [0.1, 0.15) is 5.82 Å². The molecule has 1 fully saturated rings. The fraction of sp³-hybridized carbons (Fsp3) is 0.471. The van der Waals surface area contributed by atoms with Crippen molar-refractivity contribution in [2.24, 2.45) is 5.92 Å². The van der Waals surface area contributed by atoms with Crippen LogP contribution in [0.25, 0.3) is 0 Å². The van der Waals surface area contributed by atoms with Crippen LogP contribution in [0.3, 0.4) is 0 Å². The first kappa shape index (κ1) is 26.9. The van der Waals surface area contributed by atoms with Crippen LogP contribution in [0.1, 0.15) is 98.4 Å². The van der Waals surface area contributed by atoms with Crippen molar-refractivity contribution in [3.8, 4) is 0 Å². The van der Waals surface area contributed by atoms with Gasteiger partial charge in [0.2, 0.25) is 0 Å². The minimum Gasteiger partial charge on any atom is -0.205 e. The average Bonchev–Trinajstić information content (AvgIpc) is 2.92. The van der Waals surface area contributed by atoms with Crippen LogP contribution < -0.4 is 0 Å². The normalized spacial score (nSPS) is 17.9. The summed E-state index contributed by atoms with van der Waals surface area (Å²) in [5, 5.41) is 0.193. The maximum Gasteiger partial charge on any atom is 0.142 e. The van der Waals surface area contributed by atoms with E-state index in [1.54, 1.807) is 17.7 Å². The zero-order valence-electron chi connectivity index (χ0n) is 22.0. The maximum atomic E-state index is 13.6. The van der Waals surface area contributed by atoms with Crippen LogP contribution in [-0.4, -0.2) is 0 Å². The summed E-state index contributed by atoms with van der Waals surface area (Å²) in [5.41, 5.74) is 6.81. The Hall–Kier alpha value is -2.12. The third kappa shape index (κ3) is 8.20. The highest BCUT2D eigenvalue weighted by Crippen LogP contribution is 2.37. The van der Waals surface area contributed by atoms with Crippen molar-refractivity contribution >= 4 is 11.6 Å². The van der Waals surface area contributed by atoms with Crippen molar-refractivity contribution < 1.29 is 4.39 Å². The van der Waals surface area contributed by atoms with Gasteiger partial charge in [-0.15, -0.1) is 0 Å². The lowest BCUT2D eigenvalue weighted by molar-refractivity contribution is 0.310. The predicted octanol–water partition coefficient (Wildman–Crippen LogP) is 10.3. The quantitative estimate of drug-likeness (QED) is 0.215. The Morgan fingerprint density at radius 3 is 1.92 bits per heavy atom. The molecule has 3 aromatic carbocycles. The van der Waals surface area contributed by atoms with Crippen LogP contribution in [0.5, 0.6) is 0 Å². The first-order valence-corrected chi connectivity index (χ1v) is 14.6. The molecular weight excluding hydrogens is 463 g/mol. The molecule has 0 aliphatic heterocycles. The zero-order chi connectivity index (χ0) is 25.2. The number of hydrogen-bond acceptors (Lipinski definition) is 0. The maximum absolute atomic E-state index is 13.6. The molecule has 36 heavy (non-hydrogen) atoms. The summed E-state index contributed by atoms with van der Waals surface area (Å²) >= 11 is 5.79. The summed E-state index contributed by atoms with van der Waals surface area (Å²) in [6.45, 7) is 2.28. The van der Waals surface area contributed by atoms with E-state index in [1.807, 2.05) is 6.07 Å². The lowest BCUT2D eigenvalue weighted by Gasteiger charge is -2.29.